The second-order valence-corrected chi connectivity index (χ2v) is 9.37. The number of hydrogen-bond donors (Lipinski definition) is 4. The fraction of sp³-hybridized carbons (Fsp3) is 0.480. The summed E-state index contributed by atoms with van der Waals surface area (Å²) in [6.07, 6.45) is -1.79. The minimum Gasteiger partial charge on any atom is -0.493 e. The molecule has 0 bridgehead atoms. The van der Waals surface area contributed by atoms with Crippen molar-refractivity contribution >= 4 is 11.8 Å². The van der Waals surface area contributed by atoms with Crippen molar-refractivity contribution < 1.29 is 34.3 Å². The molecule has 1 aliphatic heterocycles. The van der Waals surface area contributed by atoms with Gasteiger partial charge in [-0.3, -0.25) is 10.1 Å². The number of benzene rings is 1. The van der Waals surface area contributed by atoms with Gasteiger partial charge in [-0.05, 0) is 54.0 Å². The lowest BCUT2D eigenvalue weighted by Crippen LogP contribution is -2.58. The highest BCUT2D eigenvalue weighted by Gasteiger charge is 2.39. The summed E-state index contributed by atoms with van der Waals surface area (Å²) in [5, 5.41) is 33.8. The van der Waals surface area contributed by atoms with Crippen LogP contribution in [0.2, 0.25) is 0 Å². The molecule has 0 radical (unpaired) electrons. The highest BCUT2D eigenvalue weighted by atomic mass is 32.2. The maximum atomic E-state index is 13.0. The molecule has 2 aromatic carbocycles. The third-order valence-electron chi connectivity index (χ3n) is 6.59. The Balaban J connectivity index is 1.90. The summed E-state index contributed by atoms with van der Waals surface area (Å²) < 4.78 is 22.6. The van der Waals surface area contributed by atoms with E-state index in [1.54, 1.807) is 33.5 Å². The van der Waals surface area contributed by atoms with Gasteiger partial charge in [0.15, 0.2) is 16.9 Å². The van der Waals surface area contributed by atoms with Crippen LogP contribution in [0.25, 0.3) is 11.1 Å². The number of rotatable bonds is 6. The molecule has 0 aromatic heterocycles. The SMILES string of the molecule is COc1cc2c(c(OC)c1OC)-c1ccc(SC)c(=O)cc1[C@@H](N[C@H]1OC[C@@H](O)[C@@H](O)[C@H]1O)CC2. The molecule has 2 aliphatic rings. The van der Waals surface area contributed by atoms with Crippen LogP contribution < -0.4 is 25.0 Å². The number of ether oxygens (including phenoxy) is 4. The lowest BCUT2D eigenvalue weighted by atomic mass is 9.95. The first-order valence-electron chi connectivity index (χ1n) is 11.3. The standard InChI is InChI=1S/C25H31NO8S/c1-31-18-9-12-5-7-15(26-25-22(30)21(29)17(28)11-34-25)14-10-16(27)19(35-4)8-6-13(14)20(12)24(33-3)23(18)32-2/h6,8-10,15,17,21-22,25-26,28-30H,5,7,11H2,1-4H3/t15-,17+,21+,22+,25-/m0/s1. The molecule has 1 aliphatic carbocycles. The number of fused-ring (bicyclic) bond motifs is 3. The Labute approximate surface area is 208 Å². The molecule has 4 rings (SSSR count). The maximum Gasteiger partial charge on any atom is 0.203 e. The van der Waals surface area contributed by atoms with E-state index >= 15 is 0 Å². The zero-order valence-electron chi connectivity index (χ0n) is 20.1. The number of aliphatic hydroxyl groups excluding tert-OH is 3. The van der Waals surface area contributed by atoms with Gasteiger partial charge in [0.1, 0.15) is 24.5 Å². The molecule has 35 heavy (non-hydrogen) atoms. The largest absolute Gasteiger partial charge is 0.493 e. The molecule has 10 heteroatoms. The average Bonchev–Trinajstić information content (AvgIpc) is 3.11. The molecule has 0 spiro atoms. The smallest absolute Gasteiger partial charge is 0.203 e. The Bertz CT molecular complexity index is 1140. The van der Waals surface area contributed by atoms with Gasteiger partial charge in [0, 0.05) is 11.6 Å². The summed E-state index contributed by atoms with van der Waals surface area (Å²) in [5.41, 5.74) is 3.10. The molecule has 9 nitrogen and oxygen atoms in total. The van der Waals surface area contributed by atoms with Crippen LogP contribution in [0.5, 0.6) is 17.2 Å². The van der Waals surface area contributed by atoms with Crippen molar-refractivity contribution in [3.05, 3.63) is 45.6 Å². The predicted octanol–water partition coefficient (Wildman–Crippen LogP) is 1.48. The maximum absolute atomic E-state index is 13.0. The summed E-state index contributed by atoms with van der Waals surface area (Å²) in [5.74, 6) is 1.49. The monoisotopic (exact) mass is 505 g/mol. The Morgan fingerprint density at radius 2 is 1.77 bits per heavy atom. The summed E-state index contributed by atoms with van der Waals surface area (Å²) >= 11 is 1.36. The fourth-order valence-electron chi connectivity index (χ4n) is 4.79. The van der Waals surface area contributed by atoms with Crippen LogP contribution in [-0.2, 0) is 11.2 Å². The molecule has 190 valence electrons. The van der Waals surface area contributed by atoms with E-state index in [0.717, 1.165) is 16.7 Å². The first-order chi connectivity index (χ1) is 16.8. The first-order valence-corrected chi connectivity index (χ1v) is 12.5. The Morgan fingerprint density at radius 1 is 1.03 bits per heavy atom. The average molecular weight is 506 g/mol. The van der Waals surface area contributed by atoms with Crippen LogP contribution in [0.4, 0.5) is 0 Å². The normalized spacial score (nSPS) is 25.7. The molecule has 0 unspecified atom stereocenters. The fourth-order valence-corrected chi connectivity index (χ4v) is 5.26. The Kier molecular flexibility index (Phi) is 7.89. The molecule has 1 saturated heterocycles. The summed E-state index contributed by atoms with van der Waals surface area (Å²) in [4.78, 5) is 13.6. The molecule has 2 aromatic rings. The number of nitrogens with one attached hydrogen (secondary N) is 1. The van der Waals surface area contributed by atoms with Gasteiger partial charge >= 0.3 is 0 Å². The van der Waals surface area contributed by atoms with Gasteiger partial charge in [0.2, 0.25) is 5.75 Å². The number of methoxy groups -OCH3 is 3. The van der Waals surface area contributed by atoms with E-state index in [4.69, 9.17) is 18.9 Å². The lowest BCUT2D eigenvalue weighted by molar-refractivity contribution is -0.197. The van der Waals surface area contributed by atoms with Gasteiger partial charge < -0.3 is 34.3 Å². The molecule has 1 fully saturated rings. The van der Waals surface area contributed by atoms with Gasteiger partial charge in [0.25, 0.3) is 0 Å². The van der Waals surface area contributed by atoms with Crippen LogP contribution >= 0.6 is 11.8 Å². The highest BCUT2D eigenvalue weighted by molar-refractivity contribution is 7.98. The van der Waals surface area contributed by atoms with Crippen LogP contribution in [-0.4, -0.2) is 74.1 Å². The van der Waals surface area contributed by atoms with E-state index in [-0.39, 0.29) is 12.0 Å². The van der Waals surface area contributed by atoms with E-state index < -0.39 is 30.6 Å². The number of hydrogen-bond acceptors (Lipinski definition) is 10. The van der Waals surface area contributed by atoms with Crippen LogP contribution in [0, 0.1) is 0 Å². The summed E-state index contributed by atoms with van der Waals surface area (Å²) in [7, 11) is 4.67. The van der Waals surface area contributed by atoms with Gasteiger partial charge in [-0.15, -0.1) is 11.8 Å². The third kappa shape index (κ3) is 4.74. The molecule has 4 N–H and O–H groups in total. The second kappa shape index (κ2) is 10.7. The topological polar surface area (TPSA) is 127 Å². The van der Waals surface area contributed by atoms with E-state index in [1.165, 1.54) is 11.8 Å². The molecule has 0 saturated carbocycles. The minimum atomic E-state index is -1.35. The number of thioether (sulfide) groups is 1. The van der Waals surface area contributed by atoms with Gasteiger partial charge in [-0.25, -0.2) is 0 Å². The summed E-state index contributed by atoms with van der Waals surface area (Å²) in [6, 6.07) is 6.79. The number of aliphatic hydroxyl groups is 3. The number of aryl methyl sites for hydroxylation is 1. The van der Waals surface area contributed by atoms with Gasteiger partial charge in [-0.2, -0.15) is 0 Å². The molecular weight excluding hydrogens is 474 g/mol. The van der Waals surface area contributed by atoms with Crippen molar-refractivity contribution in [2.45, 2.75) is 48.3 Å². The van der Waals surface area contributed by atoms with Gasteiger partial charge in [-0.1, -0.05) is 6.07 Å². The van der Waals surface area contributed by atoms with Gasteiger partial charge in [0.05, 0.1) is 32.8 Å². The van der Waals surface area contributed by atoms with Crippen LogP contribution in [0.1, 0.15) is 23.6 Å². The van der Waals surface area contributed by atoms with Crippen molar-refractivity contribution in [1.29, 1.82) is 0 Å². The van der Waals surface area contributed by atoms with Crippen molar-refractivity contribution in [1.82, 2.24) is 5.32 Å². The summed E-state index contributed by atoms with van der Waals surface area (Å²) in [6.45, 7) is -0.121. The van der Waals surface area contributed by atoms with E-state index in [1.807, 2.05) is 18.4 Å². The molecular formula is C25H31NO8S. The zero-order valence-corrected chi connectivity index (χ0v) is 20.9. The van der Waals surface area contributed by atoms with Crippen LogP contribution in [0.3, 0.4) is 0 Å². The predicted molar refractivity (Wildman–Crippen MR) is 132 cm³/mol. The molecule has 1 heterocycles. The van der Waals surface area contributed by atoms with Crippen molar-refractivity contribution in [2.24, 2.45) is 0 Å². The lowest BCUT2D eigenvalue weighted by Gasteiger charge is -2.37. The van der Waals surface area contributed by atoms with E-state index in [0.29, 0.717) is 40.5 Å². The van der Waals surface area contributed by atoms with Crippen molar-refractivity contribution in [3.63, 3.8) is 0 Å². The molecule has 5 atom stereocenters. The first kappa shape index (κ1) is 25.7. The van der Waals surface area contributed by atoms with E-state index in [2.05, 4.69) is 5.32 Å². The second-order valence-electron chi connectivity index (χ2n) is 8.52. The van der Waals surface area contributed by atoms with Crippen molar-refractivity contribution in [3.8, 4) is 28.4 Å². The third-order valence-corrected chi connectivity index (χ3v) is 7.36. The minimum absolute atomic E-state index is 0.121. The van der Waals surface area contributed by atoms with Crippen molar-refractivity contribution in [2.75, 3.05) is 34.2 Å². The van der Waals surface area contributed by atoms with Crippen LogP contribution in [0.15, 0.2) is 34.0 Å². The highest BCUT2D eigenvalue weighted by Crippen LogP contribution is 2.50. The molecule has 0 amide bonds. The Hall–Kier alpha value is -2.34. The quantitative estimate of drug-likeness (QED) is 0.429. The Morgan fingerprint density at radius 3 is 2.43 bits per heavy atom. The zero-order chi connectivity index (χ0) is 25.3. The van der Waals surface area contributed by atoms with E-state index in [9.17, 15) is 20.1 Å².